The van der Waals surface area contributed by atoms with Gasteiger partial charge in [-0.2, -0.15) is 0 Å². The average molecular weight is 361 g/mol. The first-order valence-electron chi connectivity index (χ1n) is 7.94. The van der Waals surface area contributed by atoms with Gasteiger partial charge in [0.2, 0.25) is 5.91 Å². The third-order valence-electron chi connectivity index (χ3n) is 3.77. The zero-order valence-electron chi connectivity index (χ0n) is 14.6. The molecule has 0 atom stereocenters. The first kappa shape index (κ1) is 18.9. The molecule has 0 radical (unpaired) electrons. The third kappa shape index (κ3) is 4.57. The Morgan fingerprint density at radius 3 is 2.48 bits per heavy atom. The fourth-order valence-corrected chi connectivity index (χ4v) is 3.25. The monoisotopic (exact) mass is 361 g/mol. The number of pyridine rings is 1. The second kappa shape index (κ2) is 7.23. The zero-order valence-corrected chi connectivity index (χ0v) is 15.4. The number of rotatable bonds is 6. The molecule has 0 aliphatic heterocycles. The lowest BCUT2D eigenvalue weighted by atomic mass is 10.1. The highest BCUT2D eigenvalue weighted by atomic mass is 32.2. The maximum absolute atomic E-state index is 12.3. The fraction of sp³-hybridized carbons (Fsp3) is 0.333. The lowest BCUT2D eigenvalue weighted by Crippen LogP contribution is -2.28. The fourth-order valence-electron chi connectivity index (χ4n) is 2.19. The normalized spacial score (nSPS) is 12.0. The molecule has 2 aromatic rings. The Hall–Kier alpha value is -2.41. The van der Waals surface area contributed by atoms with Gasteiger partial charge in [0.15, 0.2) is 14.9 Å². The number of benzene rings is 1. The van der Waals surface area contributed by atoms with Crippen molar-refractivity contribution in [3.63, 3.8) is 0 Å². The third-order valence-corrected chi connectivity index (χ3v) is 6.18. The average Bonchev–Trinajstić information content (AvgIpc) is 2.54. The highest BCUT2D eigenvalue weighted by molar-refractivity contribution is 7.92. The van der Waals surface area contributed by atoms with Crippen LogP contribution in [0.25, 0.3) is 0 Å². The highest BCUT2D eigenvalue weighted by Gasteiger charge is 2.31. The minimum Gasteiger partial charge on any atom is -0.383 e. The zero-order chi connectivity index (χ0) is 18.7. The molecule has 134 valence electrons. The van der Waals surface area contributed by atoms with E-state index in [0.29, 0.717) is 18.5 Å². The van der Waals surface area contributed by atoms with Crippen LogP contribution in [0.1, 0.15) is 36.7 Å². The van der Waals surface area contributed by atoms with Crippen molar-refractivity contribution in [1.82, 2.24) is 4.98 Å². The van der Waals surface area contributed by atoms with Gasteiger partial charge in [-0.05, 0) is 57.0 Å². The molecule has 0 saturated carbocycles. The van der Waals surface area contributed by atoms with Gasteiger partial charge in [-0.25, -0.2) is 13.4 Å². The van der Waals surface area contributed by atoms with Gasteiger partial charge in [-0.1, -0.05) is 12.1 Å². The van der Waals surface area contributed by atoms with Crippen LogP contribution in [-0.2, 0) is 16.3 Å². The van der Waals surface area contributed by atoms with Crippen LogP contribution in [0.2, 0.25) is 0 Å². The van der Waals surface area contributed by atoms with E-state index < -0.39 is 20.5 Å². The predicted octanol–water partition coefficient (Wildman–Crippen LogP) is 2.41. The molecule has 0 unspecified atom stereocenters. The molecule has 0 bridgehead atoms. The molecule has 3 N–H and O–H groups in total. The van der Waals surface area contributed by atoms with E-state index in [2.05, 4.69) is 10.3 Å². The van der Waals surface area contributed by atoms with Crippen molar-refractivity contribution in [2.45, 2.75) is 37.0 Å². The van der Waals surface area contributed by atoms with Crippen molar-refractivity contribution in [3.05, 3.63) is 53.7 Å². The molecular formula is C18H23N3O3S. The predicted molar refractivity (Wildman–Crippen MR) is 98.3 cm³/mol. The van der Waals surface area contributed by atoms with E-state index in [1.54, 1.807) is 45.0 Å². The van der Waals surface area contributed by atoms with Crippen molar-refractivity contribution in [1.29, 1.82) is 0 Å². The number of amides is 1. The van der Waals surface area contributed by atoms with E-state index in [9.17, 15) is 13.2 Å². The Morgan fingerprint density at radius 1 is 1.20 bits per heavy atom. The summed E-state index contributed by atoms with van der Waals surface area (Å²) in [4.78, 5) is 15.2. The summed E-state index contributed by atoms with van der Waals surface area (Å²) in [5, 5.41) is 3.25. The molecule has 2 rings (SSSR count). The van der Waals surface area contributed by atoms with Gasteiger partial charge in [0, 0.05) is 12.1 Å². The minimum atomic E-state index is -3.45. The number of sulfone groups is 1. The Bertz CT molecular complexity index is 854. The maximum atomic E-state index is 12.3. The van der Waals surface area contributed by atoms with E-state index in [0.717, 1.165) is 11.3 Å². The maximum Gasteiger partial charge on any atom is 0.248 e. The Morgan fingerprint density at radius 2 is 1.92 bits per heavy atom. The molecule has 1 heterocycles. The number of aromatic nitrogens is 1. The van der Waals surface area contributed by atoms with Crippen LogP contribution >= 0.6 is 0 Å². The number of nitrogens with zero attached hydrogens (tertiary/aromatic N) is 1. The summed E-state index contributed by atoms with van der Waals surface area (Å²) in [7, 11) is -3.45. The molecule has 0 saturated heterocycles. The molecule has 25 heavy (non-hydrogen) atoms. The number of hydrogen-bond donors (Lipinski definition) is 2. The number of carbonyl (C=O) groups is 1. The van der Waals surface area contributed by atoms with E-state index in [1.807, 2.05) is 6.07 Å². The van der Waals surface area contributed by atoms with Crippen molar-refractivity contribution < 1.29 is 13.2 Å². The van der Waals surface area contributed by atoms with E-state index in [4.69, 9.17) is 5.73 Å². The van der Waals surface area contributed by atoms with Crippen LogP contribution in [-0.4, -0.2) is 30.6 Å². The SMILES string of the molecule is CC(C)(C)S(=O)(=O)c1ccc(NCCc2cccc(C(N)=O)c2)cn1. The van der Waals surface area contributed by atoms with E-state index in [-0.39, 0.29) is 5.03 Å². The number of nitrogens with two attached hydrogens (primary N) is 1. The van der Waals surface area contributed by atoms with Crippen molar-refractivity contribution in [2.24, 2.45) is 5.73 Å². The Balaban J connectivity index is 1.99. The standard InChI is InChI=1S/C18H23N3O3S/c1-18(2,3)25(23,24)16-8-7-15(12-21-16)20-10-9-13-5-4-6-14(11-13)17(19)22/h4-8,11-12,20H,9-10H2,1-3H3,(H2,19,22). The molecule has 6 nitrogen and oxygen atoms in total. The quantitative estimate of drug-likeness (QED) is 0.822. The van der Waals surface area contributed by atoms with Gasteiger partial charge in [-0.3, -0.25) is 4.79 Å². The van der Waals surface area contributed by atoms with Crippen molar-refractivity contribution in [3.8, 4) is 0 Å². The van der Waals surface area contributed by atoms with E-state index >= 15 is 0 Å². The summed E-state index contributed by atoms with van der Waals surface area (Å²) >= 11 is 0. The van der Waals surface area contributed by atoms with Gasteiger partial charge < -0.3 is 11.1 Å². The Labute approximate surface area is 148 Å². The smallest absolute Gasteiger partial charge is 0.248 e. The molecule has 1 aromatic carbocycles. The number of carbonyl (C=O) groups excluding carboxylic acids is 1. The topological polar surface area (TPSA) is 102 Å². The lowest BCUT2D eigenvalue weighted by molar-refractivity contribution is 0.1000. The number of anilines is 1. The Kier molecular flexibility index (Phi) is 5.47. The van der Waals surface area contributed by atoms with Gasteiger partial charge in [0.05, 0.1) is 16.6 Å². The van der Waals surface area contributed by atoms with Crippen LogP contribution in [0.15, 0.2) is 47.6 Å². The summed E-state index contributed by atoms with van der Waals surface area (Å²) < 4.78 is 23.8. The summed E-state index contributed by atoms with van der Waals surface area (Å²) in [6, 6.07) is 10.4. The molecule has 0 spiro atoms. The van der Waals surface area contributed by atoms with Crippen LogP contribution < -0.4 is 11.1 Å². The van der Waals surface area contributed by atoms with Crippen molar-refractivity contribution in [2.75, 3.05) is 11.9 Å². The summed E-state index contributed by atoms with van der Waals surface area (Å²) in [6.07, 6.45) is 2.21. The summed E-state index contributed by atoms with van der Waals surface area (Å²) in [6.45, 7) is 5.57. The van der Waals surface area contributed by atoms with E-state index in [1.165, 1.54) is 12.3 Å². The molecule has 0 aliphatic carbocycles. The highest BCUT2D eigenvalue weighted by Crippen LogP contribution is 2.23. The second-order valence-electron chi connectivity index (χ2n) is 6.74. The van der Waals surface area contributed by atoms with Gasteiger partial charge in [0.25, 0.3) is 0 Å². The molecular weight excluding hydrogens is 338 g/mol. The van der Waals surface area contributed by atoms with Crippen molar-refractivity contribution >= 4 is 21.4 Å². The molecule has 0 aliphatic rings. The van der Waals surface area contributed by atoms with Crippen LogP contribution in [0.5, 0.6) is 0 Å². The van der Waals surface area contributed by atoms with Crippen LogP contribution in [0.3, 0.4) is 0 Å². The molecule has 0 fully saturated rings. The molecule has 7 heteroatoms. The molecule has 1 amide bonds. The number of primary amides is 1. The number of hydrogen-bond acceptors (Lipinski definition) is 5. The summed E-state index contributed by atoms with van der Waals surface area (Å²) in [5.41, 5.74) is 7.48. The molecule has 1 aromatic heterocycles. The van der Waals surface area contributed by atoms with Gasteiger partial charge in [0.1, 0.15) is 0 Å². The lowest BCUT2D eigenvalue weighted by Gasteiger charge is -2.18. The largest absolute Gasteiger partial charge is 0.383 e. The second-order valence-corrected chi connectivity index (χ2v) is 9.39. The minimum absolute atomic E-state index is 0.0692. The first-order valence-corrected chi connectivity index (χ1v) is 9.43. The van der Waals surface area contributed by atoms with Gasteiger partial charge in [-0.15, -0.1) is 0 Å². The first-order chi connectivity index (χ1) is 11.6. The number of nitrogens with one attached hydrogen (secondary N) is 1. The van der Waals surface area contributed by atoms with Gasteiger partial charge >= 0.3 is 0 Å². The summed E-state index contributed by atoms with van der Waals surface area (Å²) in [5.74, 6) is -0.449. The van der Waals surface area contributed by atoms with Crippen LogP contribution in [0.4, 0.5) is 5.69 Å². The van der Waals surface area contributed by atoms with Crippen LogP contribution in [0, 0.1) is 0 Å².